The number of carbonyl (C=O) groups is 1. The SMILES string of the molecule is COc1ccc2ccccc2c1/C=N\NC(=O)C[N+](C)(C)C.[Cl-]. The molecular weight excluding hydrogens is 314 g/mol. The van der Waals surface area contributed by atoms with Crippen molar-refractivity contribution >= 4 is 22.9 Å². The number of rotatable bonds is 5. The Balaban J connectivity index is 0.00000264. The Kier molecular flexibility index (Phi) is 6.54. The molecule has 0 radical (unpaired) electrons. The summed E-state index contributed by atoms with van der Waals surface area (Å²) in [6.45, 7) is 0.365. The number of hydrogen-bond donors (Lipinski definition) is 1. The molecule has 23 heavy (non-hydrogen) atoms. The zero-order valence-electron chi connectivity index (χ0n) is 13.8. The quantitative estimate of drug-likeness (QED) is 0.433. The van der Waals surface area contributed by atoms with Crippen LogP contribution in [0.3, 0.4) is 0 Å². The number of benzene rings is 2. The molecule has 2 aromatic carbocycles. The molecular formula is C17H22ClN3O2. The number of carbonyl (C=O) groups excluding carboxylic acids is 1. The van der Waals surface area contributed by atoms with Crippen LogP contribution in [0.4, 0.5) is 0 Å². The number of amides is 1. The molecule has 0 bridgehead atoms. The summed E-state index contributed by atoms with van der Waals surface area (Å²) in [6.07, 6.45) is 1.63. The van der Waals surface area contributed by atoms with Crippen molar-refractivity contribution in [2.45, 2.75) is 0 Å². The maximum absolute atomic E-state index is 11.8. The third kappa shape index (κ3) is 5.23. The fourth-order valence-corrected chi connectivity index (χ4v) is 2.22. The van der Waals surface area contributed by atoms with Gasteiger partial charge in [-0.05, 0) is 16.8 Å². The average Bonchev–Trinajstić information content (AvgIpc) is 2.45. The third-order valence-electron chi connectivity index (χ3n) is 3.15. The molecule has 1 N–H and O–H groups in total. The summed E-state index contributed by atoms with van der Waals surface area (Å²) in [5.74, 6) is 0.603. The van der Waals surface area contributed by atoms with Gasteiger partial charge in [0.2, 0.25) is 0 Å². The van der Waals surface area contributed by atoms with Gasteiger partial charge in [0.05, 0.1) is 34.5 Å². The second-order valence-corrected chi connectivity index (χ2v) is 6.14. The Morgan fingerprint density at radius 2 is 1.91 bits per heavy atom. The summed E-state index contributed by atoms with van der Waals surface area (Å²) >= 11 is 0. The van der Waals surface area contributed by atoms with Crippen molar-refractivity contribution in [3.05, 3.63) is 42.0 Å². The van der Waals surface area contributed by atoms with Crippen molar-refractivity contribution in [3.63, 3.8) is 0 Å². The molecule has 0 fully saturated rings. The van der Waals surface area contributed by atoms with Gasteiger partial charge in [0, 0.05) is 5.56 Å². The van der Waals surface area contributed by atoms with Crippen molar-refractivity contribution < 1.29 is 26.4 Å². The van der Waals surface area contributed by atoms with E-state index in [2.05, 4.69) is 10.5 Å². The molecule has 0 aromatic heterocycles. The van der Waals surface area contributed by atoms with E-state index in [9.17, 15) is 4.79 Å². The second kappa shape index (κ2) is 7.94. The minimum absolute atomic E-state index is 0. The van der Waals surface area contributed by atoms with Gasteiger partial charge in [-0.25, -0.2) is 5.43 Å². The van der Waals surface area contributed by atoms with Crippen LogP contribution in [0.15, 0.2) is 41.5 Å². The number of ether oxygens (including phenoxy) is 1. The predicted octanol–water partition coefficient (Wildman–Crippen LogP) is -0.991. The lowest BCUT2D eigenvalue weighted by Gasteiger charge is -2.22. The fourth-order valence-electron chi connectivity index (χ4n) is 2.22. The fraction of sp³-hybridized carbons (Fsp3) is 0.294. The lowest BCUT2D eigenvalue weighted by Crippen LogP contribution is -3.00. The van der Waals surface area contributed by atoms with Crippen LogP contribution >= 0.6 is 0 Å². The van der Waals surface area contributed by atoms with Crippen LogP contribution in [-0.4, -0.2) is 51.4 Å². The molecule has 1 amide bonds. The molecule has 0 heterocycles. The van der Waals surface area contributed by atoms with Gasteiger partial charge in [-0.3, -0.25) is 4.79 Å². The van der Waals surface area contributed by atoms with Gasteiger partial charge in [0.15, 0.2) is 6.54 Å². The minimum Gasteiger partial charge on any atom is -1.00 e. The molecule has 5 nitrogen and oxygen atoms in total. The molecule has 0 unspecified atom stereocenters. The number of hydrogen-bond acceptors (Lipinski definition) is 3. The second-order valence-electron chi connectivity index (χ2n) is 6.14. The van der Waals surface area contributed by atoms with E-state index in [1.165, 1.54) is 0 Å². The number of hydrazone groups is 1. The lowest BCUT2D eigenvalue weighted by atomic mass is 10.0. The van der Waals surface area contributed by atoms with E-state index in [1.54, 1.807) is 13.3 Å². The van der Waals surface area contributed by atoms with Gasteiger partial charge in [-0.2, -0.15) is 5.10 Å². The van der Waals surface area contributed by atoms with Crippen LogP contribution in [0.25, 0.3) is 10.8 Å². The molecule has 6 heteroatoms. The van der Waals surface area contributed by atoms with Gasteiger partial charge in [0.1, 0.15) is 5.75 Å². The van der Waals surface area contributed by atoms with Gasteiger partial charge < -0.3 is 21.6 Å². The minimum atomic E-state index is -0.122. The van der Waals surface area contributed by atoms with Crippen LogP contribution in [-0.2, 0) is 4.79 Å². The van der Waals surface area contributed by atoms with E-state index < -0.39 is 0 Å². The molecule has 2 rings (SSSR count). The normalized spacial score (nSPS) is 11.3. The molecule has 124 valence electrons. The van der Waals surface area contributed by atoms with Crippen LogP contribution in [0.5, 0.6) is 5.75 Å². The Hall–Kier alpha value is -2.11. The number of quaternary nitrogens is 1. The van der Waals surface area contributed by atoms with Gasteiger partial charge >= 0.3 is 0 Å². The van der Waals surface area contributed by atoms with Crippen LogP contribution in [0.2, 0.25) is 0 Å². The lowest BCUT2D eigenvalue weighted by molar-refractivity contribution is -0.862. The summed E-state index contributed by atoms with van der Waals surface area (Å²) < 4.78 is 5.94. The van der Waals surface area contributed by atoms with Crippen molar-refractivity contribution in [1.29, 1.82) is 0 Å². The van der Waals surface area contributed by atoms with E-state index in [-0.39, 0.29) is 18.3 Å². The van der Waals surface area contributed by atoms with Crippen molar-refractivity contribution in [2.24, 2.45) is 5.10 Å². The number of likely N-dealkylation sites (N-methyl/N-ethyl adjacent to an activating group) is 1. The molecule has 0 aliphatic carbocycles. The highest BCUT2D eigenvalue weighted by Gasteiger charge is 2.13. The maximum Gasteiger partial charge on any atom is 0.295 e. The van der Waals surface area contributed by atoms with E-state index in [4.69, 9.17) is 4.74 Å². The van der Waals surface area contributed by atoms with Gasteiger partial charge in [0.25, 0.3) is 5.91 Å². The zero-order valence-corrected chi connectivity index (χ0v) is 14.6. The molecule has 0 aliphatic heterocycles. The van der Waals surface area contributed by atoms with Gasteiger partial charge in [-0.1, -0.05) is 30.3 Å². The van der Waals surface area contributed by atoms with E-state index >= 15 is 0 Å². The Morgan fingerprint density at radius 3 is 2.57 bits per heavy atom. The number of nitrogens with one attached hydrogen (secondary N) is 1. The van der Waals surface area contributed by atoms with Gasteiger partial charge in [-0.15, -0.1) is 0 Å². The monoisotopic (exact) mass is 335 g/mol. The molecule has 0 atom stereocenters. The first kappa shape index (κ1) is 18.9. The van der Waals surface area contributed by atoms with Crippen LogP contribution in [0.1, 0.15) is 5.56 Å². The molecule has 0 saturated carbocycles. The largest absolute Gasteiger partial charge is 1.00 e. The first-order chi connectivity index (χ1) is 10.4. The highest BCUT2D eigenvalue weighted by Crippen LogP contribution is 2.26. The smallest absolute Gasteiger partial charge is 0.295 e. The van der Waals surface area contributed by atoms with Crippen molar-refractivity contribution in [1.82, 2.24) is 5.43 Å². The van der Waals surface area contributed by atoms with Crippen molar-refractivity contribution in [3.8, 4) is 5.75 Å². The number of nitrogens with zero attached hydrogens (tertiary/aromatic N) is 2. The van der Waals surface area contributed by atoms with E-state index in [1.807, 2.05) is 57.5 Å². The highest BCUT2D eigenvalue weighted by molar-refractivity contribution is 6.02. The van der Waals surface area contributed by atoms with E-state index in [0.29, 0.717) is 11.0 Å². The summed E-state index contributed by atoms with van der Waals surface area (Å²) in [5.41, 5.74) is 3.42. The zero-order chi connectivity index (χ0) is 16.2. The summed E-state index contributed by atoms with van der Waals surface area (Å²) in [4.78, 5) is 11.8. The molecule has 0 aliphatic rings. The first-order valence-electron chi connectivity index (χ1n) is 7.09. The molecule has 0 saturated heterocycles. The molecule has 0 spiro atoms. The maximum atomic E-state index is 11.8. The number of halogens is 1. The highest BCUT2D eigenvalue weighted by atomic mass is 35.5. The average molecular weight is 336 g/mol. The summed E-state index contributed by atoms with van der Waals surface area (Å²) in [7, 11) is 7.49. The van der Waals surface area contributed by atoms with Crippen LogP contribution < -0.4 is 22.6 Å². The summed E-state index contributed by atoms with van der Waals surface area (Å²) in [5, 5.41) is 6.20. The van der Waals surface area contributed by atoms with Crippen molar-refractivity contribution in [2.75, 3.05) is 34.8 Å². The Bertz CT molecular complexity index is 709. The predicted molar refractivity (Wildman–Crippen MR) is 89.1 cm³/mol. The standard InChI is InChI=1S/C17H21N3O2.ClH/c1-20(2,3)12-17(21)19-18-11-15-14-8-6-5-7-13(14)9-10-16(15)22-4;/h5-11H,12H2,1-4H3;1H/b18-11-;. The Morgan fingerprint density at radius 1 is 1.22 bits per heavy atom. The van der Waals surface area contributed by atoms with Crippen LogP contribution in [0, 0.1) is 0 Å². The molecule has 2 aromatic rings. The topological polar surface area (TPSA) is 50.7 Å². The Labute approximate surface area is 142 Å². The number of fused-ring (bicyclic) bond motifs is 1. The van der Waals surface area contributed by atoms with E-state index in [0.717, 1.165) is 22.1 Å². The first-order valence-corrected chi connectivity index (χ1v) is 7.09. The third-order valence-corrected chi connectivity index (χ3v) is 3.15. The number of methoxy groups -OCH3 is 1. The summed E-state index contributed by atoms with van der Waals surface area (Å²) in [6, 6.07) is 11.9.